The maximum absolute atomic E-state index is 12.8. The van der Waals surface area contributed by atoms with Gasteiger partial charge in [-0.1, -0.05) is 130 Å². The number of likely N-dealkylation sites (tertiary alicyclic amines) is 2. The summed E-state index contributed by atoms with van der Waals surface area (Å²) in [5, 5.41) is 46.4. The quantitative estimate of drug-likeness (QED) is 0.0385. The van der Waals surface area contributed by atoms with Crippen LogP contribution in [0.5, 0.6) is 0 Å². The van der Waals surface area contributed by atoms with Crippen molar-refractivity contribution in [1.82, 2.24) is 128 Å². The summed E-state index contributed by atoms with van der Waals surface area (Å²) in [7, 11) is -7.16. The molecule has 4 aliphatic rings. The number of urea groups is 2. The van der Waals surface area contributed by atoms with Crippen LogP contribution in [0.2, 0.25) is 0 Å². The molecule has 18 heterocycles. The number of nitrogen functional groups attached to an aromatic ring is 4. The van der Waals surface area contributed by atoms with Gasteiger partial charge < -0.3 is 48.3 Å². The van der Waals surface area contributed by atoms with Gasteiger partial charge in [0.2, 0.25) is 10.0 Å². The zero-order chi connectivity index (χ0) is 98.3. The zero-order valence-electron chi connectivity index (χ0n) is 75.7. The lowest BCUT2D eigenvalue weighted by Gasteiger charge is -2.32. The van der Waals surface area contributed by atoms with E-state index in [1.165, 1.54) is 19.8 Å². The summed E-state index contributed by atoms with van der Waals surface area (Å²) in [6.07, 6.45) is 22.8. The maximum Gasteiger partial charge on any atom is 0.412 e. The first kappa shape index (κ1) is 102. The monoisotopic (exact) mass is 2220 g/mol. The van der Waals surface area contributed by atoms with Gasteiger partial charge in [-0.2, -0.15) is 47.9 Å². The standard InChI is InChI=1S/C25H26BrN7O.C24H22BrN9O2S.C24H22BrN7O3.C23H24BrN7O3S.2CH4/c1-2-28-25(34)32-12-10-17(11-13-32)22-21(26)23(27)33-24(31-22)19(15-30-33)18-8-9-20(29-14-18)16-6-4-3-5-7-16;25-20-21(16-8-10-33(11-9-16)37(35,36)24-28-14-29-32-24)31-23-18(13-30-34(23)22(20)26)17-6-7-19(27-12-17)15-4-2-1-3-5-15;25-19-20(15-8-10-31(11-9-15)23(33)30-24(34)35)29-22-17(13-28-32(22)21(19)26)16-6-7-18(27-12-16)14-4-2-1-3-5-14;24-20-21(15-5-8-30(9-6-15)35(33,34)11-10-32)29-23-18(14-28-31(23)22(20)25)16-3-4-19(27-13-16)17-2-1-7-26-12-17;;/h3-9,14-15,17H,2,10-13,27H2,1H3,(H,28,34);1-7,12-14,16H,8-11,26H2,(H,28,29,32);1-7,12-13,15H,8-11,26H2,(H,30,33)(H,34,35);1-4,7,12-15,32H,5-6,8-11,25H2;2*1H4. The first-order valence-corrected chi connectivity index (χ1v) is 51.5. The Morgan fingerprint density at radius 1 is 0.406 bits per heavy atom. The molecule has 45 heteroatoms. The average molecular weight is 2230 g/mol. The number of H-pyrrole nitrogens is 1. The highest BCUT2D eigenvalue weighted by Crippen LogP contribution is 2.44. The molecular formula is C98H102Br4N30O9S2. The number of hydrogen-bond acceptors (Lipinski definition) is 27. The number of sulfonamides is 2. The molecule has 21 rings (SSSR count). The van der Waals surface area contributed by atoms with Crippen molar-refractivity contribution in [3.63, 3.8) is 0 Å². The molecule has 0 radical (unpaired) electrons. The van der Waals surface area contributed by atoms with Crippen LogP contribution < -0.4 is 33.6 Å². The molecule has 4 saturated heterocycles. The first-order chi connectivity index (χ1) is 68.3. The number of aliphatic hydroxyl groups is 1. The van der Waals surface area contributed by atoms with E-state index in [1.54, 1.807) is 67.6 Å². The minimum atomic E-state index is -3.71. The number of fused-ring (bicyclic) bond motifs is 4. The van der Waals surface area contributed by atoms with Crippen molar-refractivity contribution in [3.05, 3.63) is 261 Å². The van der Waals surface area contributed by atoms with Crippen LogP contribution in [0, 0.1) is 0 Å². The number of aliphatic hydroxyl groups excluding tert-OH is 1. The molecule has 14 aromatic heterocycles. The number of carbonyl (C=O) groups is 3. The third-order valence-electron chi connectivity index (χ3n) is 25.3. The average Bonchev–Trinajstić information content (AvgIpc) is 1.65. The third kappa shape index (κ3) is 21.7. The Morgan fingerprint density at radius 3 is 1.02 bits per heavy atom. The number of amides is 5. The van der Waals surface area contributed by atoms with Gasteiger partial charge in [0.1, 0.15) is 29.6 Å². The van der Waals surface area contributed by atoms with Crippen molar-refractivity contribution in [2.45, 2.75) is 102 Å². The van der Waals surface area contributed by atoms with Crippen LogP contribution in [0.4, 0.5) is 37.7 Å². The van der Waals surface area contributed by atoms with Crippen LogP contribution in [-0.2, 0) is 20.0 Å². The number of nitrogens with two attached hydrogens (primary N) is 4. The van der Waals surface area contributed by atoms with Crippen LogP contribution in [0.1, 0.15) is 120 Å². The van der Waals surface area contributed by atoms with Gasteiger partial charge in [-0.25, -0.2) is 70.9 Å². The van der Waals surface area contributed by atoms with E-state index < -0.39 is 32.2 Å². The predicted molar refractivity (Wildman–Crippen MR) is 561 cm³/mol. The van der Waals surface area contributed by atoms with E-state index in [9.17, 15) is 31.2 Å². The molecule has 4 fully saturated rings. The van der Waals surface area contributed by atoms with E-state index in [4.69, 9.17) is 53.1 Å². The summed E-state index contributed by atoms with van der Waals surface area (Å²) in [6.45, 7) is 5.80. The van der Waals surface area contributed by atoms with Crippen LogP contribution >= 0.6 is 63.7 Å². The number of hydrogen-bond donors (Lipinski definition) is 9. The predicted octanol–water partition coefficient (Wildman–Crippen LogP) is 16.5. The number of nitrogens with one attached hydrogen (secondary N) is 3. The number of carboxylic acid groups (broad SMARTS) is 1. The second-order valence-corrected chi connectivity index (χ2v) is 40.9. The fourth-order valence-electron chi connectivity index (χ4n) is 17.8. The fourth-order valence-corrected chi connectivity index (χ4v) is 22.7. The van der Waals surface area contributed by atoms with Gasteiger partial charge in [0, 0.05) is 187 Å². The number of rotatable bonds is 18. The molecule has 0 unspecified atom stereocenters. The lowest BCUT2D eigenvalue weighted by molar-refractivity contribution is 0.167. The van der Waals surface area contributed by atoms with E-state index in [0.717, 1.165) is 130 Å². The summed E-state index contributed by atoms with van der Waals surface area (Å²) < 4.78 is 62.3. The fraction of sp³-hybridized carbons (Fsp3) is 0.265. The second kappa shape index (κ2) is 44.6. The van der Waals surface area contributed by atoms with E-state index in [1.807, 2.05) is 181 Å². The van der Waals surface area contributed by atoms with Gasteiger partial charge in [-0.05, 0) is 158 Å². The Labute approximate surface area is 856 Å². The molecule has 4 aliphatic heterocycles. The number of piperidine rings is 4. The van der Waals surface area contributed by atoms with Crippen LogP contribution in [0.3, 0.4) is 0 Å². The first-order valence-electron chi connectivity index (χ1n) is 45.3. The Morgan fingerprint density at radius 2 is 0.727 bits per heavy atom. The van der Waals surface area contributed by atoms with E-state index >= 15 is 0 Å². The summed E-state index contributed by atoms with van der Waals surface area (Å²) in [6, 6.07) is 49.1. The van der Waals surface area contributed by atoms with Crippen LogP contribution in [0.25, 0.3) is 112 Å². The Kier molecular flexibility index (Phi) is 31.8. The number of carbonyl (C=O) groups excluding carboxylic acids is 2. The summed E-state index contributed by atoms with van der Waals surface area (Å²) in [5.74, 6) is 1.88. The van der Waals surface area contributed by atoms with Crippen molar-refractivity contribution in [3.8, 4) is 89.5 Å². The Hall–Kier alpha value is -14.1. The van der Waals surface area contributed by atoms with Gasteiger partial charge in [0.15, 0.2) is 22.6 Å². The molecule has 0 atom stereocenters. The summed E-state index contributed by atoms with van der Waals surface area (Å²) in [5.41, 5.74) is 46.0. The van der Waals surface area contributed by atoms with Crippen LogP contribution in [0.15, 0.2) is 243 Å². The highest BCUT2D eigenvalue weighted by Gasteiger charge is 2.37. The van der Waals surface area contributed by atoms with Gasteiger partial charge >= 0.3 is 18.2 Å². The molecular weight excluding hydrogens is 2130 g/mol. The minimum absolute atomic E-state index is 0. The highest BCUT2D eigenvalue weighted by molar-refractivity contribution is 9.11. The van der Waals surface area contributed by atoms with Gasteiger partial charge in [0.05, 0.1) is 101 Å². The molecule has 0 aliphatic carbocycles. The number of anilines is 4. The van der Waals surface area contributed by atoms with Crippen molar-refractivity contribution in [2.24, 2.45) is 0 Å². The maximum atomic E-state index is 12.8. The molecule has 0 spiro atoms. The van der Waals surface area contributed by atoms with Crippen molar-refractivity contribution in [1.29, 1.82) is 0 Å². The smallest absolute Gasteiger partial charge is 0.412 e. The zero-order valence-corrected chi connectivity index (χ0v) is 83.7. The van der Waals surface area contributed by atoms with E-state index in [2.05, 4.69) is 130 Å². The number of nitrogens with zero attached hydrogens (tertiary/aromatic N) is 23. The van der Waals surface area contributed by atoms with Gasteiger partial charge in [0.25, 0.3) is 15.2 Å². The molecule has 0 saturated carbocycles. The largest absolute Gasteiger partial charge is 0.465 e. The molecule has 39 nitrogen and oxygen atoms in total. The van der Waals surface area contributed by atoms with E-state index in [-0.39, 0.29) is 62.1 Å². The number of benzene rings is 3. The molecule has 17 aromatic rings. The normalized spacial score (nSPS) is 14.7. The number of halogens is 4. The lowest BCUT2D eigenvalue weighted by Crippen LogP contribution is -2.45. The van der Waals surface area contributed by atoms with Gasteiger partial charge in [-0.3, -0.25) is 24.9 Å². The SMILES string of the molecule is C.C.CCNC(=O)N1CCC(c2nc3c(-c4ccc(-c5ccccc5)nc4)cnn3c(N)c2Br)CC1.Nc1c(Br)c(C2CCN(C(=O)NC(=O)O)CC2)nc2c(-c3ccc(-c4ccccc4)nc3)cnn12.Nc1c(Br)c(C2CCN(S(=O)(=O)CCO)CC2)nc2c(-c3ccc(-c4cccnc4)nc3)cnn12.Nc1c(Br)c(C2CCN(S(=O)(=O)c3ncn[nH]3)CC2)nc2c(-c3ccc(-c4ccccc4)nc3)cnn12. The number of aromatic amines is 1. The highest BCUT2D eigenvalue weighted by atomic mass is 79.9. The van der Waals surface area contributed by atoms with Gasteiger partial charge in [-0.15, -0.1) is 0 Å². The molecule has 0 bridgehead atoms. The molecule has 143 heavy (non-hydrogen) atoms. The number of imide groups is 1. The van der Waals surface area contributed by atoms with Crippen molar-refractivity contribution < 1.29 is 41.4 Å². The third-order valence-corrected chi connectivity index (χ3v) is 32.2. The Balaban J connectivity index is 0.000000136. The van der Waals surface area contributed by atoms with E-state index in [0.29, 0.717) is 157 Å². The molecule has 738 valence electrons. The summed E-state index contributed by atoms with van der Waals surface area (Å²) in [4.78, 5) is 84.6. The topological polar surface area (TPSA) is 528 Å². The van der Waals surface area contributed by atoms with Crippen LogP contribution in [-0.4, -0.2) is 233 Å². The second-order valence-electron chi connectivity index (χ2n) is 33.8. The minimum Gasteiger partial charge on any atom is -0.465 e. The molecule has 3 aromatic carbocycles. The van der Waals surface area contributed by atoms with Crippen molar-refractivity contribution in [2.75, 3.05) is 94.2 Å². The number of aromatic nitrogens is 20. The Bertz CT molecular complexity index is 7630. The molecule has 13 N–H and O–H groups in total. The number of pyridine rings is 5. The molecule has 5 amide bonds. The summed E-state index contributed by atoms with van der Waals surface area (Å²) >= 11 is 14.4. The lowest BCUT2D eigenvalue weighted by atomic mass is 9.93. The van der Waals surface area contributed by atoms with Crippen molar-refractivity contribution >= 4 is 148 Å².